The smallest absolute Gasteiger partial charge is 0.306 e. The summed E-state index contributed by atoms with van der Waals surface area (Å²) in [6.07, 6.45) is 16.4. The van der Waals surface area contributed by atoms with Gasteiger partial charge in [0, 0.05) is 11.6 Å². The Morgan fingerprint density at radius 2 is 1.67 bits per heavy atom. The minimum absolute atomic E-state index is 0.0555. The third kappa shape index (κ3) is 5.36. The number of ether oxygens (including phenoxy) is 1. The lowest BCUT2D eigenvalue weighted by atomic mass is 9.78. The first-order chi connectivity index (χ1) is 17.4. The quantitative estimate of drug-likeness (QED) is 0.390. The summed E-state index contributed by atoms with van der Waals surface area (Å²) in [6, 6.07) is 13.7. The maximum Gasteiger partial charge on any atom is 0.306 e. The molecule has 1 saturated carbocycles. The lowest BCUT2D eigenvalue weighted by Crippen LogP contribution is -2.29. The Labute approximate surface area is 213 Å². The van der Waals surface area contributed by atoms with Crippen molar-refractivity contribution < 1.29 is 24.9 Å². The average Bonchev–Trinajstić information content (AvgIpc) is 3.54. The minimum atomic E-state index is -0.654. The number of phenolic OH excluding ortho intramolecular Hbond substituents is 2. The Balaban J connectivity index is 1.21. The molecule has 5 heteroatoms. The van der Waals surface area contributed by atoms with Crippen LogP contribution in [-0.4, -0.2) is 27.4 Å². The van der Waals surface area contributed by atoms with Crippen molar-refractivity contribution in [3.8, 4) is 11.5 Å². The molecule has 1 aliphatic heterocycles. The number of phenols is 2. The Morgan fingerprint density at radius 1 is 0.944 bits per heavy atom. The van der Waals surface area contributed by atoms with Gasteiger partial charge in [-0.25, -0.2) is 0 Å². The van der Waals surface area contributed by atoms with Gasteiger partial charge in [0.15, 0.2) is 0 Å². The molecule has 2 aromatic rings. The van der Waals surface area contributed by atoms with Crippen LogP contribution in [0, 0.1) is 11.8 Å². The molecule has 1 saturated heterocycles. The van der Waals surface area contributed by atoms with Gasteiger partial charge in [-0.1, -0.05) is 48.6 Å². The fourth-order valence-corrected chi connectivity index (χ4v) is 6.35. The predicted molar refractivity (Wildman–Crippen MR) is 139 cm³/mol. The minimum Gasteiger partial charge on any atom is -0.508 e. The van der Waals surface area contributed by atoms with E-state index in [0.29, 0.717) is 5.92 Å². The number of aryl methyl sites for hydroxylation is 1. The molecule has 0 bridgehead atoms. The van der Waals surface area contributed by atoms with E-state index >= 15 is 0 Å². The van der Waals surface area contributed by atoms with Crippen LogP contribution in [0.1, 0.15) is 74.0 Å². The van der Waals surface area contributed by atoms with Gasteiger partial charge in [0.2, 0.25) is 0 Å². The third-order valence-corrected chi connectivity index (χ3v) is 8.41. The van der Waals surface area contributed by atoms with Crippen molar-refractivity contribution in [2.45, 2.75) is 75.4 Å². The first-order valence-corrected chi connectivity index (χ1v) is 13.3. The highest BCUT2D eigenvalue weighted by Gasteiger charge is 2.44. The summed E-state index contributed by atoms with van der Waals surface area (Å²) in [5.41, 5.74) is 2.80. The van der Waals surface area contributed by atoms with E-state index in [9.17, 15) is 20.1 Å². The second kappa shape index (κ2) is 10.5. The van der Waals surface area contributed by atoms with E-state index in [1.807, 2.05) is 0 Å². The van der Waals surface area contributed by atoms with E-state index in [1.165, 1.54) is 17.2 Å². The zero-order valence-corrected chi connectivity index (χ0v) is 20.7. The van der Waals surface area contributed by atoms with Crippen LogP contribution in [0.15, 0.2) is 66.8 Å². The molecule has 2 fully saturated rings. The number of aliphatic carboxylic acids is 1. The molecule has 0 aromatic heterocycles. The van der Waals surface area contributed by atoms with E-state index in [0.717, 1.165) is 63.4 Å². The number of allylic oxidation sites excluding steroid dienone is 4. The van der Waals surface area contributed by atoms with Crippen LogP contribution in [0.5, 0.6) is 11.5 Å². The van der Waals surface area contributed by atoms with Crippen molar-refractivity contribution in [2.75, 3.05) is 0 Å². The van der Waals surface area contributed by atoms with Gasteiger partial charge in [0.1, 0.15) is 11.5 Å². The second-order valence-corrected chi connectivity index (χ2v) is 10.8. The highest BCUT2D eigenvalue weighted by atomic mass is 16.5. The molecule has 3 N–H and O–H groups in total. The molecule has 2 aliphatic carbocycles. The number of rotatable bonds is 8. The topological polar surface area (TPSA) is 87.0 Å². The number of carboxylic acid groups (broad SMARTS) is 1. The molecular weight excluding hydrogens is 452 g/mol. The average molecular weight is 489 g/mol. The zero-order chi connectivity index (χ0) is 25.1. The van der Waals surface area contributed by atoms with Gasteiger partial charge in [0.05, 0.1) is 17.6 Å². The Morgan fingerprint density at radius 3 is 2.33 bits per heavy atom. The molecule has 3 aliphatic rings. The molecule has 0 radical (unpaired) electrons. The van der Waals surface area contributed by atoms with Gasteiger partial charge in [-0.05, 0) is 92.9 Å². The maximum atomic E-state index is 11.2. The zero-order valence-electron chi connectivity index (χ0n) is 20.7. The van der Waals surface area contributed by atoms with Gasteiger partial charge in [-0.2, -0.15) is 0 Å². The number of hydrogen-bond acceptors (Lipinski definition) is 4. The van der Waals surface area contributed by atoms with Gasteiger partial charge in [0.25, 0.3) is 0 Å². The molecule has 36 heavy (non-hydrogen) atoms. The Bertz CT molecular complexity index is 1110. The molecule has 5 rings (SSSR count). The summed E-state index contributed by atoms with van der Waals surface area (Å²) in [5.74, 6) is 0.0525. The lowest BCUT2D eigenvalue weighted by Gasteiger charge is -2.32. The monoisotopic (exact) mass is 488 g/mol. The molecular formula is C31H36O5. The number of hydrogen-bond donors (Lipinski definition) is 3. The molecule has 2 aromatic carbocycles. The van der Waals surface area contributed by atoms with Crippen LogP contribution in [0.3, 0.4) is 0 Å². The summed E-state index contributed by atoms with van der Waals surface area (Å²) >= 11 is 0. The van der Waals surface area contributed by atoms with E-state index in [2.05, 4.69) is 48.6 Å². The summed E-state index contributed by atoms with van der Waals surface area (Å²) in [7, 11) is 0. The SMILES string of the molecule is O=C(O)C1CCC(c2ccc(CCC3CCC(CC4C=CC=C4)(c4ccc(O)cc4O)O3)cc2)CC1. The van der Waals surface area contributed by atoms with Crippen LogP contribution in [-0.2, 0) is 21.6 Å². The van der Waals surface area contributed by atoms with Crippen molar-refractivity contribution in [3.05, 3.63) is 83.5 Å². The summed E-state index contributed by atoms with van der Waals surface area (Å²) in [6.45, 7) is 0. The molecule has 0 amide bonds. The molecule has 1 heterocycles. The van der Waals surface area contributed by atoms with Gasteiger partial charge >= 0.3 is 5.97 Å². The van der Waals surface area contributed by atoms with Crippen LogP contribution >= 0.6 is 0 Å². The molecule has 2 atom stereocenters. The standard InChI is InChI=1S/C31H36O5/c32-26-14-16-28(29(33)19-26)31(20-22-3-1-2-4-22)18-17-27(36-31)15-7-21-5-8-23(9-6-21)24-10-12-25(13-11-24)30(34)35/h1-6,8-9,14,16,19,22,24-25,27,32-33H,7,10-13,15,17-18,20H2,(H,34,35). The van der Waals surface area contributed by atoms with Crippen molar-refractivity contribution in [1.29, 1.82) is 0 Å². The van der Waals surface area contributed by atoms with Crippen LogP contribution in [0.4, 0.5) is 0 Å². The highest BCUT2D eigenvalue weighted by Crippen LogP contribution is 2.49. The number of benzene rings is 2. The lowest BCUT2D eigenvalue weighted by molar-refractivity contribution is -0.142. The normalized spacial score (nSPS) is 28.1. The summed E-state index contributed by atoms with van der Waals surface area (Å²) < 4.78 is 6.73. The van der Waals surface area contributed by atoms with Crippen molar-refractivity contribution in [1.82, 2.24) is 0 Å². The van der Waals surface area contributed by atoms with Gasteiger partial charge in [-0.3, -0.25) is 4.79 Å². The van der Waals surface area contributed by atoms with E-state index in [1.54, 1.807) is 12.1 Å². The first-order valence-electron chi connectivity index (χ1n) is 13.3. The van der Waals surface area contributed by atoms with Crippen LogP contribution < -0.4 is 0 Å². The predicted octanol–water partition coefficient (Wildman–Crippen LogP) is 6.60. The fraction of sp³-hybridized carbons (Fsp3) is 0.452. The van der Waals surface area contributed by atoms with E-state index in [4.69, 9.17) is 4.74 Å². The molecule has 2 unspecified atom stereocenters. The first kappa shape index (κ1) is 24.6. The summed E-state index contributed by atoms with van der Waals surface area (Å²) in [5, 5.41) is 29.7. The molecule has 5 nitrogen and oxygen atoms in total. The van der Waals surface area contributed by atoms with Gasteiger partial charge < -0.3 is 20.1 Å². The number of carboxylic acids is 1. The maximum absolute atomic E-state index is 11.2. The van der Waals surface area contributed by atoms with Crippen molar-refractivity contribution in [2.24, 2.45) is 11.8 Å². The molecule has 0 spiro atoms. The fourth-order valence-electron chi connectivity index (χ4n) is 6.35. The number of aromatic hydroxyl groups is 2. The van der Waals surface area contributed by atoms with Crippen molar-refractivity contribution >= 4 is 5.97 Å². The van der Waals surface area contributed by atoms with Crippen molar-refractivity contribution in [3.63, 3.8) is 0 Å². The van der Waals surface area contributed by atoms with Gasteiger partial charge in [-0.15, -0.1) is 0 Å². The summed E-state index contributed by atoms with van der Waals surface area (Å²) in [4.78, 5) is 11.2. The van der Waals surface area contributed by atoms with Crippen LogP contribution in [0.2, 0.25) is 0 Å². The molecule has 190 valence electrons. The Kier molecular flexibility index (Phi) is 7.20. The van der Waals surface area contributed by atoms with Crippen LogP contribution in [0.25, 0.3) is 0 Å². The Hall–Kier alpha value is -3.05. The van der Waals surface area contributed by atoms with E-state index in [-0.39, 0.29) is 29.4 Å². The highest BCUT2D eigenvalue weighted by molar-refractivity contribution is 5.70. The second-order valence-electron chi connectivity index (χ2n) is 10.8. The van der Waals surface area contributed by atoms with E-state index < -0.39 is 11.6 Å². The third-order valence-electron chi connectivity index (χ3n) is 8.41. The largest absolute Gasteiger partial charge is 0.508 e. The number of carbonyl (C=O) groups is 1.